The van der Waals surface area contributed by atoms with Crippen LogP contribution in [0.15, 0.2) is 40.9 Å². The summed E-state index contributed by atoms with van der Waals surface area (Å²) in [4.78, 5) is 26.2. The third kappa shape index (κ3) is 5.47. The quantitative estimate of drug-likeness (QED) is 0.241. The van der Waals surface area contributed by atoms with Gasteiger partial charge >= 0.3 is 12.1 Å². The lowest BCUT2D eigenvalue weighted by Crippen LogP contribution is -3.00. The molecular weight excluding hydrogens is 467 g/mol. The summed E-state index contributed by atoms with van der Waals surface area (Å²) in [6.07, 6.45) is 3.63. The van der Waals surface area contributed by atoms with E-state index in [2.05, 4.69) is 0 Å². The van der Waals surface area contributed by atoms with Crippen molar-refractivity contribution in [1.82, 2.24) is 4.90 Å². The van der Waals surface area contributed by atoms with E-state index in [4.69, 9.17) is 9.47 Å². The van der Waals surface area contributed by atoms with Crippen molar-refractivity contribution in [1.29, 1.82) is 0 Å². The van der Waals surface area contributed by atoms with Crippen LogP contribution in [0.2, 0.25) is 0 Å². The van der Waals surface area contributed by atoms with Crippen molar-refractivity contribution in [2.45, 2.75) is 19.1 Å². The number of rotatable bonds is 5. The van der Waals surface area contributed by atoms with Gasteiger partial charge in [-0.15, -0.1) is 11.8 Å². The summed E-state index contributed by atoms with van der Waals surface area (Å²) in [5, 5.41) is 0.710. The molecule has 1 aliphatic heterocycles. The molecule has 1 atom stereocenters. The number of amides is 1. The zero-order valence-corrected chi connectivity index (χ0v) is 18.2. The summed E-state index contributed by atoms with van der Waals surface area (Å²) in [6.45, 7) is 0.151. The number of thioether (sulfide) groups is 1. The molecule has 1 heterocycles. The van der Waals surface area contributed by atoms with Crippen LogP contribution in [0.1, 0.15) is 12.0 Å². The zero-order valence-electron chi connectivity index (χ0n) is 15.3. The molecule has 0 bridgehead atoms. The Morgan fingerprint density at radius 3 is 2.50 bits per heavy atom. The highest BCUT2D eigenvalue weighted by Gasteiger charge is 2.42. The van der Waals surface area contributed by atoms with Crippen LogP contribution >= 0.6 is 11.8 Å². The Morgan fingerprint density at radius 2 is 1.96 bits per heavy atom. The summed E-state index contributed by atoms with van der Waals surface area (Å²) in [7, 11) is 5.12. The molecule has 1 unspecified atom stereocenters. The smallest absolute Gasteiger partial charge is 0.415 e. The van der Waals surface area contributed by atoms with Crippen molar-refractivity contribution in [2.24, 2.45) is 0 Å². The molecule has 0 aliphatic carbocycles. The number of hydrogen-bond acceptors (Lipinski definition) is 5. The van der Waals surface area contributed by atoms with E-state index in [1.165, 1.54) is 23.8 Å². The topological polar surface area (TPSA) is 58.9 Å². The number of halogens is 1. The van der Waals surface area contributed by atoms with Gasteiger partial charge in [0.1, 0.15) is 26.7 Å². The second-order valence-electron chi connectivity index (χ2n) is 5.78. The van der Waals surface area contributed by atoms with Crippen molar-refractivity contribution < 1.29 is 47.6 Å². The summed E-state index contributed by atoms with van der Waals surface area (Å²) >= 11 is 1.41. The van der Waals surface area contributed by atoms with Gasteiger partial charge in [0, 0.05) is 12.0 Å². The van der Waals surface area contributed by atoms with Crippen LogP contribution in [0.5, 0.6) is 0 Å². The van der Waals surface area contributed by atoms with Crippen molar-refractivity contribution >= 4 is 30.0 Å². The van der Waals surface area contributed by atoms with E-state index in [9.17, 15) is 9.59 Å². The van der Waals surface area contributed by atoms with Crippen molar-refractivity contribution in [3.63, 3.8) is 0 Å². The first-order valence-corrected chi connectivity index (χ1v) is 9.06. The normalized spacial score (nSPS) is 16.0. The van der Waals surface area contributed by atoms with E-state index in [1.54, 1.807) is 0 Å². The number of nitrogens with zero attached hydrogens (tertiary/aromatic N) is 2. The lowest BCUT2D eigenvalue weighted by molar-refractivity contribution is -0.459. The Labute approximate surface area is 175 Å². The number of carbonyl (C=O) groups excluding carboxylic acids is 2. The molecule has 0 aromatic heterocycles. The molecule has 142 valence electrons. The number of carbonyl (C=O) groups is 2. The molecule has 1 amide bonds. The molecule has 6 nitrogen and oxygen atoms in total. The fraction of sp³-hybridized carbons (Fsp3) is 0.389. The Bertz CT molecular complexity index is 702. The SMILES string of the molecule is COC(=O)C1CC(C=[N+](C)C)=C(SC)N1C(=O)OCc1ccccc1.[I-]. The van der Waals surface area contributed by atoms with Gasteiger partial charge in [-0.2, -0.15) is 0 Å². The van der Waals surface area contributed by atoms with Gasteiger partial charge in [-0.05, 0) is 11.8 Å². The third-order valence-corrected chi connectivity index (χ3v) is 4.55. The van der Waals surface area contributed by atoms with E-state index in [0.29, 0.717) is 11.4 Å². The Hall–Kier alpha value is -1.55. The molecule has 0 N–H and O–H groups in total. The maximum absolute atomic E-state index is 12.7. The highest BCUT2D eigenvalue weighted by atomic mass is 127. The molecule has 0 saturated carbocycles. The molecule has 2 rings (SSSR count). The maximum Gasteiger partial charge on any atom is 0.415 e. The van der Waals surface area contributed by atoms with Crippen LogP contribution in [0.4, 0.5) is 4.79 Å². The van der Waals surface area contributed by atoms with Crippen molar-refractivity contribution in [3.05, 3.63) is 46.5 Å². The van der Waals surface area contributed by atoms with E-state index in [0.717, 1.165) is 11.1 Å². The number of benzene rings is 1. The van der Waals surface area contributed by atoms with Gasteiger partial charge < -0.3 is 33.5 Å². The van der Waals surface area contributed by atoms with Crippen molar-refractivity contribution in [3.8, 4) is 0 Å². The van der Waals surface area contributed by atoms with Gasteiger partial charge in [-0.1, -0.05) is 30.3 Å². The molecule has 0 saturated heterocycles. The van der Waals surface area contributed by atoms with Gasteiger partial charge in [0.25, 0.3) is 0 Å². The molecule has 1 aliphatic rings. The first kappa shape index (κ1) is 22.5. The predicted octanol–water partition coefficient (Wildman–Crippen LogP) is -0.508. The van der Waals surface area contributed by atoms with Crippen molar-refractivity contribution in [2.75, 3.05) is 27.5 Å². The van der Waals surface area contributed by atoms with Crippen LogP contribution in [-0.2, 0) is 20.9 Å². The highest BCUT2D eigenvalue weighted by molar-refractivity contribution is 8.02. The number of ether oxygens (including phenoxy) is 2. The average molecular weight is 490 g/mol. The van der Waals surface area contributed by atoms with Gasteiger partial charge in [0.2, 0.25) is 0 Å². The van der Waals surface area contributed by atoms with Gasteiger partial charge in [0.15, 0.2) is 6.21 Å². The minimum atomic E-state index is -0.707. The van der Waals surface area contributed by atoms with Crippen LogP contribution in [-0.4, -0.2) is 61.3 Å². The number of esters is 1. The minimum absolute atomic E-state index is 0. The molecule has 8 heteroatoms. The second-order valence-corrected chi connectivity index (χ2v) is 6.58. The second kappa shape index (κ2) is 10.6. The molecule has 0 spiro atoms. The molecule has 1 aromatic rings. The average Bonchev–Trinajstić information content (AvgIpc) is 2.97. The monoisotopic (exact) mass is 490 g/mol. The van der Waals surface area contributed by atoms with Gasteiger partial charge in [-0.3, -0.25) is 4.90 Å². The maximum atomic E-state index is 12.7. The van der Waals surface area contributed by atoms with Crippen LogP contribution in [0.25, 0.3) is 0 Å². The fourth-order valence-corrected chi connectivity index (χ4v) is 3.45. The van der Waals surface area contributed by atoms with E-state index < -0.39 is 18.1 Å². The Balaban J connectivity index is 0.00000338. The fourth-order valence-electron chi connectivity index (χ4n) is 2.66. The molecule has 0 fully saturated rings. The number of hydrogen-bond donors (Lipinski definition) is 0. The van der Waals surface area contributed by atoms with Gasteiger partial charge in [-0.25, -0.2) is 14.2 Å². The van der Waals surface area contributed by atoms with Crippen LogP contribution in [0.3, 0.4) is 0 Å². The van der Waals surface area contributed by atoms with Crippen LogP contribution < -0.4 is 24.0 Å². The van der Waals surface area contributed by atoms with Gasteiger partial charge in [0.05, 0.1) is 12.1 Å². The van der Waals surface area contributed by atoms with E-state index in [1.807, 2.05) is 61.5 Å². The predicted molar refractivity (Wildman–Crippen MR) is 97.6 cm³/mol. The largest absolute Gasteiger partial charge is 1.00 e. The molecule has 1 aromatic carbocycles. The summed E-state index contributed by atoms with van der Waals surface area (Å²) < 4.78 is 12.2. The Kier molecular flexibility index (Phi) is 9.14. The first-order valence-electron chi connectivity index (χ1n) is 7.84. The lowest BCUT2D eigenvalue weighted by atomic mass is 10.1. The molecular formula is C18H23IN2O4S. The summed E-state index contributed by atoms with van der Waals surface area (Å²) in [6, 6.07) is 8.72. The highest BCUT2D eigenvalue weighted by Crippen LogP contribution is 2.35. The lowest BCUT2D eigenvalue weighted by Gasteiger charge is -2.24. The summed E-state index contributed by atoms with van der Waals surface area (Å²) in [5.41, 5.74) is 1.80. The Morgan fingerprint density at radius 1 is 1.31 bits per heavy atom. The molecule has 0 radical (unpaired) electrons. The molecule has 26 heavy (non-hydrogen) atoms. The number of methoxy groups -OCH3 is 1. The zero-order chi connectivity index (χ0) is 18.4. The van der Waals surface area contributed by atoms with Crippen LogP contribution in [0, 0.1) is 0 Å². The van der Waals surface area contributed by atoms with E-state index >= 15 is 0 Å². The first-order chi connectivity index (χ1) is 12.0. The minimum Gasteiger partial charge on any atom is -1.00 e. The third-order valence-electron chi connectivity index (χ3n) is 3.70. The summed E-state index contributed by atoms with van der Waals surface area (Å²) in [5.74, 6) is -0.453. The standard InChI is InChI=1S/C18H23N2O4S.HI/c1-19(2)11-14-10-15(17(21)23-3)20(16(14)25-4)18(22)24-12-13-8-6-5-7-9-13;/h5-9,11,15H,10,12H2,1-4H3;1H/q+1;/p-1. The van der Waals surface area contributed by atoms with E-state index in [-0.39, 0.29) is 30.6 Å².